The zero-order valence-corrected chi connectivity index (χ0v) is 12.4. The molecule has 0 saturated carbocycles. The minimum Gasteiger partial charge on any atom is -0.330 e. The average molecular weight is 300 g/mol. The highest BCUT2D eigenvalue weighted by molar-refractivity contribution is 6.06. The predicted molar refractivity (Wildman–Crippen MR) is 76.8 cm³/mol. The Morgan fingerprint density at radius 2 is 2.09 bits per heavy atom. The summed E-state index contributed by atoms with van der Waals surface area (Å²) in [6.07, 6.45) is 5.73. The van der Waals surface area contributed by atoms with Crippen LogP contribution in [0.1, 0.15) is 25.8 Å². The first-order chi connectivity index (χ1) is 10.4. The molecule has 0 spiro atoms. The Bertz CT molecular complexity index is 794. The van der Waals surface area contributed by atoms with Gasteiger partial charge in [-0.2, -0.15) is 10.4 Å². The van der Waals surface area contributed by atoms with Crippen LogP contribution >= 0.6 is 0 Å². The standard InChI is InChI=1S/C14H16N6O2/c1-14(2)12(21)19(13(22)17-14)5-3-4-18-6-7-20-11(18)10(8-15)9-16-20/h6-7,9H,3-5H2,1-2H3,(H,17,22). The van der Waals surface area contributed by atoms with Crippen LogP contribution in [0.4, 0.5) is 4.79 Å². The van der Waals surface area contributed by atoms with Gasteiger partial charge in [0.05, 0.1) is 6.20 Å². The molecule has 0 aromatic carbocycles. The molecule has 0 unspecified atom stereocenters. The Labute approximate surface area is 126 Å². The molecule has 2 aromatic heterocycles. The topological polar surface area (TPSA) is 95.4 Å². The number of aromatic nitrogens is 3. The lowest BCUT2D eigenvalue weighted by Crippen LogP contribution is -2.40. The lowest BCUT2D eigenvalue weighted by molar-refractivity contribution is -0.130. The highest BCUT2D eigenvalue weighted by Crippen LogP contribution is 2.17. The smallest absolute Gasteiger partial charge is 0.325 e. The zero-order valence-electron chi connectivity index (χ0n) is 12.4. The molecule has 1 aliphatic heterocycles. The van der Waals surface area contributed by atoms with Crippen LogP contribution in [0.25, 0.3) is 5.65 Å². The Kier molecular flexibility index (Phi) is 3.13. The molecular formula is C14H16N6O2. The van der Waals surface area contributed by atoms with Crippen LogP contribution in [0.2, 0.25) is 0 Å². The number of imide groups is 1. The number of urea groups is 1. The van der Waals surface area contributed by atoms with Crippen molar-refractivity contribution in [2.75, 3.05) is 6.54 Å². The van der Waals surface area contributed by atoms with Crippen molar-refractivity contribution in [3.8, 4) is 6.07 Å². The molecule has 1 N–H and O–H groups in total. The first kappa shape index (κ1) is 14.1. The zero-order chi connectivity index (χ0) is 15.9. The molecule has 8 heteroatoms. The molecule has 1 saturated heterocycles. The van der Waals surface area contributed by atoms with Gasteiger partial charge in [0.25, 0.3) is 5.91 Å². The molecule has 3 rings (SSSR count). The molecule has 0 radical (unpaired) electrons. The third-order valence-corrected chi connectivity index (χ3v) is 3.77. The number of amides is 3. The van der Waals surface area contributed by atoms with E-state index in [2.05, 4.69) is 16.5 Å². The van der Waals surface area contributed by atoms with Gasteiger partial charge < -0.3 is 9.88 Å². The van der Waals surface area contributed by atoms with E-state index < -0.39 is 5.54 Å². The second kappa shape index (κ2) is 4.87. The largest absolute Gasteiger partial charge is 0.330 e. The molecule has 1 aliphatic rings. The summed E-state index contributed by atoms with van der Waals surface area (Å²) >= 11 is 0. The number of carbonyl (C=O) groups excluding carboxylic acids is 2. The Hall–Kier alpha value is -2.82. The second-order valence-electron chi connectivity index (χ2n) is 5.80. The van der Waals surface area contributed by atoms with Gasteiger partial charge in [0.2, 0.25) is 0 Å². The van der Waals surface area contributed by atoms with Gasteiger partial charge in [-0.1, -0.05) is 0 Å². The van der Waals surface area contributed by atoms with Crippen LogP contribution in [0.3, 0.4) is 0 Å². The summed E-state index contributed by atoms with van der Waals surface area (Å²) in [5.41, 5.74) is 0.387. The van der Waals surface area contributed by atoms with Gasteiger partial charge >= 0.3 is 6.03 Å². The minimum absolute atomic E-state index is 0.211. The van der Waals surface area contributed by atoms with E-state index in [1.54, 1.807) is 24.6 Å². The highest BCUT2D eigenvalue weighted by Gasteiger charge is 2.43. The first-order valence-electron chi connectivity index (χ1n) is 7.01. The molecule has 0 bridgehead atoms. The monoisotopic (exact) mass is 300 g/mol. The van der Waals surface area contributed by atoms with Gasteiger partial charge in [0.15, 0.2) is 5.65 Å². The third-order valence-electron chi connectivity index (χ3n) is 3.77. The summed E-state index contributed by atoms with van der Waals surface area (Å²) in [7, 11) is 0. The lowest BCUT2D eigenvalue weighted by atomic mass is 10.1. The molecule has 22 heavy (non-hydrogen) atoms. The number of nitrogens with one attached hydrogen (secondary N) is 1. The molecule has 1 fully saturated rings. The molecule has 0 atom stereocenters. The van der Waals surface area contributed by atoms with Crippen molar-refractivity contribution in [3.63, 3.8) is 0 Å². The van der Waals surface area contributed by atoms with Crippen LogP contribution in [-0.4, -0.2) is 43.1 Å². The molecule has 3 amide bonds. The molecule has 114 valence electrons. The maximum atomic E-state index is 12.1. The van der Waals surface area contributed by atoms with Gasteiger partial charge in [-0.25, -0.2) is 9.31 Å². The summed E-state index contributed by atoms with van der Waals surface area (Å²) in [5, 5.41) is 15.8. The number of rotatable bonds is 4. The predicted octanol–water partition coefficient (Wildman–Crippen LogP) is 0.728. The van der Waals surface area contributed by atoms with E-state index in [9.17, 15) is 9.59 Å². The maximum absolute atomic E-state index is 12.1. The van der Waals surface area contributed by atoms with Crippen LogP contribution in [0.15, 0.2) is 18.6 Å². The van der Waals surface area contributed by atoms with E-state index in [0.717, 1.165) is 5.65 Å². The number of nitriles is 1. The lowest BCUT2D eigenvalue weighted by Gasteiger charge is -2.16. The first-order valence-corrected chi connectivity index (χ1v) is 7.01. The SMILES string of the molecule is CC1(C)NC(=O)N(CCCn2ccn3ncc(C#N)c23)C1=O. The molecule has 0 aliphatic carbocycles. The number of aryl methyl sites for hydroxylation is 1. The number of fused-ring (bicyclic) bond motifs is 1. The van der Waals surface area contributed by atoms with E-state index in [1.807, 2.05) is 10.8 Å². The van der Waals surface area contributed by atoms with Crippen molar-refractivity contribution in [2.45, 2.75) is 32.4 Å². The molecule has 8 nitrogen and oxygen atoms in total. The fourth-order valence-corrected chi connectivity index (χ4v) is 2.64. The number of hydrogen-bond acceptors (Lipinski definition) is 4. The summed E-state index contributed by atoms with van der Waals surface area (Å²) in [5.74, 6) is -0.211. The number of carbonyl (C=O) groups is 2. The second-order valence-corrected chi connectivity index (χ2v) is 5.80. The van der Waals surface area contributed by atoms with Crippen LogP contribution in [0.5, 0.6) is 0 Å². The third kappa shape index (κ3) is 2.11. The van der Waals surface area contributed by atoms with E-state index in [-0.39, 0.29) is 11.9 Å². The molecule has 3 heterocycles. The molecular weight excluding hydrogens is 284 g/mol. The van der Waals surface area contributed by atoms with Crippen molar-refractivity contribution in [1.82, 2.24) is 24.4 Å². The van der Waals surface area contributed by atoms with E-state index >= 15 is 0 Å². The van der Waals surface area contributed by atoms with Crippen molar-refractivity contribution in [1.29, 1.82) is 5.26 Å². The van der Waals surface area contributed by atoms with Gasteiger partial charge in [0.1, 0.15) is 17.2 Å². The van der Waals surface area contributed by atoms with Gasteiger partial charge in [-0.15, -0.1) is 0 Å². The van der Waals surface area contributed by atoms with Crippen LogP contribution in [0, 0.1) is 11.3 Å². The summed E-state index contributed by atoms with van der Waals surface area (Å²) in [4.78, 5) is 25.1. The van der Waals surface area contributed by atoms with E-state index in [1.165, 1.54) is 11.1 Å². The Balaban J connectivity index is 1.68. The molecule has 2 aromatic rings. The van der Waals surface area contributed by atoms with Gasteiger partial charge in [-0.05, 0) is 20.3 Å². The van der Waals surface area contributed by atoms with E-state index in [0.29, 0.717) is 25.1 Å². The number of hydrogen-bond donors (Lipinski definition) is 1. The van der Waals surface area contributed by atoms with Gasteiger partial charge in [0, 0.05) is 25.5 Å². The van der Waals surface area contributed by atoms with Crippen molar-refractivity contribution >= 4 is 17.6 Å². The maximum Gasteiger partial charge on any atom is 0.325 e. The van der Waals surface area contributed by atoms with Crippen molar-refractivity contribution in [2.24, 2.45) is 0 Å². The summed E-state index contributed by atoms with van der Waals surface area (Å²) in [6, 6.07) is 1.75. The number of imidazole rings is 1. The van der Waals surface area contributed by atoms with E-state index in [4.69, 9.17) is 5.26 Å². The summed E-state index contributed by atoms with van der Waals surface area (Å²) in [6.45, 7) is 4.31. The fraction of sp³-hybridized carbons (Fsp3) is 0.429. The van der Waals surface area contributed by atoms with Crippen molar-refractivity contribution in [3.05, 3.63) is 24.2 Å². The van der Waals surface area contributed by atoms with Gasteiger partial charge in [-0.3, -0.25) is 9.69 Å². The minimum atomic E-state index is -0.836. The Morgan fingerprint density at radius 3 is 2.73 bits per heavy atom. The Morgan fingerprint density at radius 1 is 1.32 bits per heavy atom. The van der Waals surface area contributed by atoms with Crippen LogP contribution in [-0.2, 0) is 11.3 Å². The number of nitrogens with zero attached hydrogens (tertiary/aromatic N) is 5. The normalized spacial score (nSPS) is 17.0. The van der Waals surface area contributed by atoms with Crippen LogP contribution < -0.4 is 5.32 Å². The van der Waals surface area contributed by atoms with Crippen molar-refractivity contribution < 1.29 is 9.59 Å². The average Bonchev–Trinajstić information content (AvgIpc) is 3.08. The summed E-state index contributed by atoms with van der Waals surface area (Å²) < 4.78 is 3.53. The fourth-order valence-electron chi connectivity index (χ4n) is 2.64. The highest BCUT2D eigenvalue weighted by atomic mass is 16.2. The quantitative estimate of drug-likeness (QED) is 0.842.